The van der Waals surface area contributed by atoms with E-state index < -0.39 is 0 Å². The highest BCUT2D eigenvalue weighted by molar-refractivity contribution is 8.14. The van der Waals surface area contributed by atoms with Crippen LogP contribution in [0.15, 0.2) is 42.2 Å². The van der Waals surface area contributed by atoms with E-state index in [1.807, 2.05) is 28.9 Å². The van der Waals surface area contributed by atoms with Gasteiger partial charge in [0.2, 0.25) is 0 Å². The van der Waals surface area contributed by atoms with E-state index in [2.05, 4.69) is 40.7 Å². The molecule has 8 heteroatoms. The lowest BCUT2D eigenvalue weighted by atomic mass is 10.0. The molecule has 0 atom stereocenters. The van der Waals surface area contributed by atoms with Gasteiger partial charge in [-0.25, -0.2) is 14.6 Å². The van der Waals surface area contributed by atoms with Gasteiger partial charge in [-0.3, -0.25) is 4.99 Å². The van der Waals surface area contributed by atoms with Crippen LogP contribution in [-0.4, -0.2) is 37.2 Å². The lowest BCUT2D eigenvalue weighted by Gasteiger charge is -2.10. The van der Waals surface area contributed by atoms with Gasteiger partial charge < -0.3 is 11.1 Å². The minimum atomic E-state index is 0.160. The zero-order valence-electron chi connectivity index (χ0n) is 15.3. The Morgan fingerprint density at radius 3 is 2.93 bits per heavy atom. The van der Waals surface area contributed by atoms with Crippen molar-refractivity contribution in [2.75, 3.05) is 18.0 Å². The maximum absolute atomic E-state index is 6.16. The molecule has 3 aromatic rings. The third-order valence-electron chi connectivity index (χ3n) is 4.34. The summed E-state index contributed by atoms with van der Waals surface area (Å²) in [5.74, 6) is 1.44. The van der Waals surface area contributed by atoms with Gasteiger partial charge >= 0.3 is 0 Å². The second-order valence-corrected chi connectivity index (χ2v) is 7.65. The number of amidine groups is 1. The van der Waals surface area contributed by atoms with E-state index in [9.17, 15) is 0 Å². The first-order chi connectivity index (χ1) is 13.0. The number of nitrogen functional groups attached to an aromatic ring is 1. The van der Waals surface area contributed by atoms with Gasteiger partial charge in [0, 0.05) is 23.1 Å². The molecule has 7 nitrogen and oxygen atoms in total. The highest BCUT2D eigenvalue weighted by Crippen LogP contribution is 2.32. The van der Waals surface area contributed by atoms with Crippen LogP contribution in [0.3, 0.4) is 0 Å². The Labute approximate surface area is 161 Å². The molecule has 3 N–H and O–H groups in total. The number of fused-ring (bicyclic) bond motifs is 1. The molecule has 1 aromatic carbocycles. The van der Waals surface area contributed by atoms with Gasteiger partial charge in [0.1, 0.15) is 17.8 Å². The van der Waals surface area contributed by atoms with E-state index >= 15 is 0 Å². The first kappa shape index (κ1) is 17.5. The summed E-state index contributed by atoms with van der Waals surface area (Å²) >= 11 is 1.71. The molecule has 0 radical (unpaired) electrons. The maximum Gasteiger partial charge on any atom is 0.164 e. The minimum Gasteiger partial charge on any atom is -0.383 e. The van der Waals surface area contributed by atoms with Crippen molar-refractivity contribution < 1.29 is 0 Å². The highest BCUT2D eigenvalue weighted by Gasteiger charge is 2.19. The summed E-state index contributed by atoms with van der Waals surface area (Å²) in [5, 5.41) is 9.76. The van der Waals surface area contributed by atoms with E-state index in [4.69, 9.17) is 10.8 Å². The van der Waals surface area contributed by atoms with E-state index in [-0.39, 0.29) is 6.04 Å². The van der Waals surface area contributed by atoms with Crippen molar-refractivity contribution in [2.45, 2.75) is 19.9 Å². The number of nitrogens with zero attached hydrogens (tertiary/aromatic N) is 5. The maximum atomic E-state index is 6.16. The Morgan fingerprint density at radius 2 is 2.19 bits per heavy atom. The van der Waals surface area contributed by atoms with Gasteiger partial charge in [0.15, 0.2) is 10.8 Å². The summed E-state index contributed by atoms with van der Waals surface area (Å²) in [7, 11) is 0. The van der Waals surface area contributed by atoms with Gasteiger partial charge in [-0.15, -0.1) is 0 Å². The van der Waals surface area contributed by atoms with E-state index in [0.717, 1.165) is 51.0 Å². The zero-order valence-corrected chi connectivity index (χ0v) is 16.1. The molecule has 0 unspecified atom stereocenters. The predicted molar refractivity (Wildman–Crippen MR) is 112 cm³/mol. The summed E-state index contributed by atoms with van der Waals surface area (Å²) < 4.78 is 1.88. The molecule has 1 aliphatic rings. The first-order valence-electron chi connectivity index (χ1n) is 8.77. The number of anilines is 1. The molecule has 3 heterocycles. The number of nitrogens with one attached hydrogen (secondary N) is 1. The van der Waals surface area contributed by atoms with Gasteiger partial charge in [-0.1, -0.05) is 36.5 Å². The van der Waals surface area contributed by atoms with Gasteiger partial charge in [-0.05, 0) is 25.5 Å². The van der Waals surface area contributed by atoms with E-state index in [1.54, 1.807) is 11.8 Å². The Morgan fingerprint density at radius 1 is 1.33 bits per heavy atom. The topological polar surface area (TPSA) is 94.0 Å². The van der Waals surface area contributed by atoms with Crippen LogP contribution in [0.25, 0.3) is 28.0 Å². The Balaban J connectivity index is 1.77. The number of aromatic nitrogens is 4. The fourth-order valence-electron chi connectivity index (χ4n) is 3.02. The molecule has 0 saturated carbocycles. The number of benzene rings is 1. The third-order valence-corrected chi connectivity index (χ3v) is 5.23. The number of nitrogens with two attached hydrogens (primary N) is 1. The number of hydrogen-bond acceptors (Lipinski definition) is 7. The summed E-state index contributed by atoms with van der Waals surface area (Å²) in [6, 6.07) is 8.22. The molecular weight excluding hydrogens is 358 g/mol. The number of aliphatic imine (C=N–C) groups is 1. The van der Waals surface area contributed by atoms with Crippen molar-refractivity contribution in [3.05, 3.63) is 42.7 Å². The minimum absolute atomic E-state index is 0.160. The second kappa shape index (κ2) is 7.03. The zero-order chi connectivity index (χ0) is 19.0. The molecule has 0 saturated heterocycles. The largest absolute Gasteiger partial charge is 0.383 e. The van der Waals surface area contributed by atoms with E-state index in [0.29, 0.717) is 5.82 Å². The van der Waals surface area contributed by atoms with Crippen molar-refractivity contribution in [3.8, 4) is 11.3 Å². The van der Waals surface area contributed by atoms with Crippen LogP contribution in [-0.2, 0) is 0 Å². The average molecular weight is 379 g/mol. The normalized spacial score (nSPS) is 14.0. The van der Waals surface area contributed by atoms with E-state index in [1.165, 1.54) is 6.33 Å². The van der Waals surface area contributed by atoms with Crippen LogP contribution in [0.4, 0.5) is 5.82 Å². The molecule has 0 amide bonds. The predicted octanol–water partition coefficient (Wildman–Crippen LogP) is 3.32. The molecule has 0 bridgehead atoms. The molecular formula is C19H21N7S. The summed E-state index contributed by atoms with van der Waals surface area (Å²) in [4.78, 5) is 13.0. The Bertz CT molecular complexity index is 1050. The third kappa shape index (κ3) is 3.28. The van der Waals surface area contributed by atoms with Crippen LogP contribution in [0.5, 0.6) is 0 Å². The molecule has 138 valence electrons. The van der Waals surface area contributed by atoms with Crippen LogP contribution in [0, 0.1) is 0 Å². The van der Waals surface area contributed by atoms with Gasteiger partial charge in [0.05, 0.1) is 11.9 Å². The molecule has 0 fully saturated rings. The Kier molecular flexibility index (Phi) is 4.57. The average Bonchev–Trinajstić information content (AvgIpc) is 3.30. The first-order valence-corrected chi connectivity index (χ1v) is 9.76. The van der Waals surface area contributed by atoms with Crippen molar-refractivity contribution in [2.24, 2.45) is 4.99 Å². The van der Waals surface area contributed by atoms with Crippen LogP contribution < -0.4 is 11.1 Å². The molecule has 27 heavy (non-hydrogen) atoms. The smallest absolute Gasteiger partial charge is 0.164 e. The van der Waals surface area contributed by atoms with Gasteiger partial charge in [0.25, 0.3) is 0 Å². The summed E-state index contributed by atoms with van der Waals surface area (Å²) in [5.41, 5.74) is 10.4. The number of thioether (sulfide) groups is 1. The molecule has 0 spiro atoms. The van der Waals surface area contributed by atoms with Crippen LogP contribution >= 0.6 is 11.8 Å². The second-order valence-electron chi connectivity index (χ2n) is 6.56. The van der Waals surface area contributed by atoms with Crippen LogP contribution in [0.2, 0.25) is 0 Å². The Hall–Kier alpha value is -2.87. The molecule has 4 rings (SSSR count). The highest BCUT2D eigenvalue weighted by atomic mass is 32.2. The lowest BCUT2D eigenvalue weighted by Crippen LogP contribution is -2.16. The fourth-order valence-corrected chi connectivity index (χ4v) is 3.78. The lowest BCUT2D eigenvalue weighted by molar-refractivity contribution is 0.548. The van der Waals surface area contributed by atoms with Crippen molar-refractivity contribution >= 4 is 39.5 Å². The van der Waals surface area contributed by atoms with Crippen LogP contribution in [0.1, 0.15) is 25.5 Å². The SMILES string of the molecule is C=C(NC1=NCCS1)c1cccc(-c2nn(C(C)C)c3ncnc(N)c23)c1. The quantitative estimate of drug-likeness (QED) is 0.722. The van der Waals surface area contributed by atoms with Crippen molar-refractivity contribution in [3.63, 3.8) is 0 Å². The standard InChI is InChI=1S/C19H21N7S/c1-11(2)26-18-15(17(20)22-10-23-18)16(25-26)14-6-4-5-13(9-14)12(3)24-19-21-7-8-27-19/h4-6,9-11H,3,7-8H2,1-2H3,(H,21,24)(H2,20,22,23). The number of rotatable bonds is 4. The molecule has 1 aliphatic heterocycles. The summed E-state index contributed by atoms with van der Waals surface area (Å²) in [6.45, 7) is 9.13. The van der Waals surface area contributed by atoms with Crippen molar-refractivity contribution in [1.29, 1.82) is 0 Å². The fraction of sp³-hybridized carbons (Fsp3) is 0.263. The number of hydrogen-bond donors (Lipinski definition) is 2. The summed E-state index contributed by atoms with van der Waals surface area (Å²) in [6.07, 6.45) is 1.48. The van der Waals surface area contributed by atoms with Gasteiger partial charge in [-0.2, -0.15) is 5.10 Å². The van der Waals surface area contributed by atoms with Crippen molar-refractivity contribution in [1.82, 2.24) is 25.1 Å². The monoisotopic (exact) mass is 379 g/mol. The molecule has 0 aliphatic carbocycles. The molecule has 2 aromatic heterocycles.